The lowest BCUT2D eigenvalue weighted by Crippen LogP contribution is -2.35. The molecule has 7 nitrogen and oxygen atoms in total. The van der Waals surface area contributed by atoms with Crippen molar-refractivity contribution in [3.05, 3.63) is 64.9 Å². The number of carbonyl (C=O) groups is 1. The van der Waals surface area contributed by atoms with Gasteiger partial charge in [0.25, 0.3) is 5.91 Å². The molecule has 0 unspecified atom stereocenters. The van der Waals surface area contributed by atoms with E-state index in [-0.39, 0.29) is 23.8 Å². The topological polar surface area (TPSA) is 81.1 Å². The van der Waals surface area contributed by atoms with Crippen LogP contribution in [-0.4, -0.2) is 34.0 Å². The number of methoxy groups -OCH3 is 1. The van der Waals surface area contributed by atoms with Crippen molar-refractivity contribution >= 4 is 29.1 Å². The Balaban J connectivity index is 1.62. The first-order chi connectivity index (χ1) is 14.7. The quantitative estimate of drug-likeness (QED) is 0.592. The third kappa shape index (κ3) is 4.43. The van der Waals surface area contributed by atoms with Gasteiger partial charge in [-0.3, -0.25) is 4.79 Å². The van der Waals surface area contributed by atoms with Gasteiger partial charge in [-0.2, -0.15) is 18.3 Å². The molecule has 3 aromatic rings. The van der Waals surface area contributed by atoms with E-state index in [1.807, 2.05) is 0 Å². The Kier molecular flexibility index (Phi) is 5.48. The zero-order valence-electron chi connectivity index (χ0n) is 16.2. The molecule has 2 atom stereocenters. The number of alkyl halides is 3. The molecule has 0 aliphatic carbocycles. The first-order valence-corrected chi connectivity index (χ1v) is 9.62. The summed E-state index contributed by atoms with van der Waals surface area (Å²) in [7, 11) is 1.51. The van der Waals surface area contributed by atoms with Crippen LogP contribution in [0, 0.1) is 0 Å². The number of carbonyl (C=O) groups excluding carboxylic acids is 1. The Morgan fingerprint density at radius 2 is 2.00 bits per heavy atom. The maximum absolute atomic E-state index is 13.8. The second-order valence-corrected chi connectivity index (χ2v) is 7.37. The first kappa shape index (κ1) is 21.0. The van der Waals surface area contributed by atoms with Crippen molar-refractivity contribution in [2.24, 2.45) is 0 Å². The SMILES string of the molecule is COc1ccc([C@H]2C[C@@H](C(F)(F)F)n3nc(C(=O)Nc4ccc(Cl)cn4)cc3N2)cc1. The van der Waals surface area contributed by atoms with Gasteiger partial charge in [0.15, 0.2) is 11.7 Å². The third-order valence-corrected chi connectivity index (χ3v) is 5.13. The zero-order valence-corrected chi connectivity index (χ0v) is 16.9. The van der Waals surface area contributed by atoms with E-state index in [1.54, 1.807) is 24.3 Å². The molecule has 0 spiro atoms. The molecule has 11 heteroatoms. The molecule has 0 fully saturated rings. The number of hydrogen-bond acceptors (Lipinski definition) is 5. The molecule has 3 heterocycles. The minimum absolute atomic E-state index is 0.101. The third-order valence-electron chi connectivity index (χ3n) is 4.91. The second kappa shape index (κ2) is 8.10. The summed E-state index contributed by atoms with van der Waals surface area (Å²) in [5.74, 6) is 0.229. The highest BCUT2D eigenvalue weighted by Gasteiger charge is 2.46. The van der Waals surface area contributed by atoms with E-state index in [1.165, 1.54) is 31.5 Å². The molecule has 0 saturated heterocycles. The van der Waals surface area contributed by atoms with Crippen LogP contribution in [0.15, 0.2) is 48.7 Å². The van der Waals surface area contributed by atoms with Crippen molar-refractivity contribution in [1.29, 1.82) is 0 Å². The van der Waals surface area contributed by atoms with Gasteiger partial charge in [-0.1, -0.05) is 23.7 Å². The molecular weight excluding hydrogens is 435 g/mol. The molecular formula is C20H17ClF3N5O2. The first-order valence-electron chi connectivity index (χ1n) is 9.24. The lowest BCUT2D eigenvalue weighted by atomic mass is 9.97. The summed E-state index contributed by atoms with van der Waals surface area (Å²) in [5, 5.41) is 9.84. The summed E-state index contributed by atoms with van der Waals surface area (Å²) in [6.07, 6.45) is -3.47. The minimum Gasteiger partial charge on any atom is -0.497 e. The standard InChI is InChI=1S/C20H17ClF3N5O2/c1-31-13-5-2-11(3-6-13)14-8-16(20(22,23)24)29-18(26-14)9-15(28-29)19(30)27-17-7-4-12(21)10-25-17/h2-7,9-10,14,16,26H,8H2,1H3,(H,25,27,30)/t14-,16+/m1/s1. The summed E-state index contributed by atoms with van der Waals surface area (Å²) >= 11 is 5.76. The average molecular weight is 452 g/mol. The van der Waals surface area contributed by atoms with Crippen LogP contribution in [0.2, 0.25) is 5.02 Å². The van der Waals surface area contributed by atoms with E-state index in [2.05, 4.69) is 20.7 Å². The summed E-state index contributed by atoms with van der Waals surface area (Å²) in [4.78, 5) is 16.5. The molecule has 2 N–H and O–H groups in total. The summed E-state index contributed by atoms with van der Waals surface area (Å²) in [6.45, 7) is 0. The smallest absolute Gasteiger partial charge is 0.410 e. The summed E-state index contributed by atoms with van der Waals surface area (Å²) in [5.41, 5.74) is 0.503. The predicted molar refractivity (Wildman–Crippen MR) is 108 cm³/mol. The Hall–Kier alpha value is -3.27. The number of ether oxygens (including phenoxy) is 1. The van der Waals surface area contributed by atoms with Gasteiger partial charge < -0.3 is 15.4 Å². The molecule has 0 bridgehead atoms. The molecule has 162 valence electrons. The van der Waals surface area contributed by atoms with Gasteiger partial charge in [0, 0.05) is 18.7 Å². The highest BCUT2D eigenvalue weighted by Crippen LogP contribution is 2.43. The molecule has 1 aliphatic heterocycles. The van der Waals surface area contributed by atoms with Gasteiger partial charge in [0.1, 0.15) is 17.4 Å². The van der Waals surface area contributed by atoms with Crippen molar-refractivity contribution in [2.75, 3.05) is 17.7 Å². The lowest BCUT2D eigenvalue weighted by Gasteiger charge is -2.33. The number of fused-ring (bicyclic) bond motifs is 1. The van der Waals surface area contributed by atoms with E-state index >= 15 is 0 Å². The maximum atomic E-state index is 13.8. The second-order valence-electron chi connectivity index (χ2n) is 6.94. The molecule has 2 aromatic heterocycles. The zero-order chi connectivity index (χ0) is 22.2. The van der Waals surface area contributed by atoms with Crippen LogP contribution in [-0.2, 0) is 0 Å². The van der Waals surface area contributed by atoms with Gasteiger partial charge in [-0.25, -0.2) is 9.67 Å². The van der Waals surface area contributed by atoms with Gasteiger partial charge in [-0.05, 0) is 29.8 Å². The van der Waals surface area contributed by atoms with E-state index in [4.69, 9.17) is 16.3 Å². The number of hydrogen-bond donors (Lipinski definition) is 2. The predicted octanol–water partition coefficient (Wildman–Crippen LogP) is 4.85. The number of rotatable bonds is 4. The molecule has 1 aromatic carbocycles. The van der Waals surface area contributed by atoms with Crippen LogP contribution < -0.4 is 15.4 Å². The van der Waals surface area contributed by atoms with Crippen LogP contribution in [0.25, 0.3) is 0 Å². The van der Waals surface area contributed by atoms with Crippen molar-refractivity contribution in [3.63, 3.8) is 0 Å². The minimum atomic E-state index is -4.54. The molecule has 4 rings (SSSR count). The van der Waals surface area contributed by atoms with Gasteiger partial charge in [-0.15, -0.1) is 0 Å². The number of nitrogens with zero attached hydrogens (tertiary/aromatic N) is 3. The number of benzene rings is 1. The normalized spacial score (nSPS) is 18.1. The highest BCUT2D eigenvalue weighted by molar-refractivity contribution is 6.30. The van der Waals surface area contributed by atoms with Gasteiger partial charge in [0.05, 0.1) is 18.2 Å². The fraction of sp³-hybridized carbons (Fsp3) is 0.250. The number of anilines is 2. The van der Waals surface area contributed by atoms with Crippen molar-refractivity contribution in [3.8, 4) is 5.75 Å². The largest absolute Gasteiger partial charge is 0.497 e. The van der Waals surface area contributed by atoms with Crippen LogP contribution in [0.5, 0.6) is 5.75 Å². The summed E-state index contributed by atoms with van der Waals surface area (Å²) in [6, 6.07) is 8.58. The number of aromatic nitrogens is 3. The molecule has 31 heavy (non-hydrogen) atoms. The van der Waals surface area contributed by atoms with E-state index < -0.39 is 24.2 Å². The van der Waals surface area contributed by atoms with Crippen molar-refractivity contribution < 1.29 is 22.7 Å². The molecule has 1 aliphatic rings. The van der Waals surface area contributed by atoms with Crippen LogP contribution in [0.4, 0.5) is 24.8 Å². The molecule has 0 radical (unpaired) electrons. The Bertz CT molecular complexity index is 1080. The van der Waals surface area contributed by atoms with E-state index in [9.17, 15) is 18.0 Å². The van der Waals surface area contributed by atoms with Crippen LogP contribution in [0.3, 0.4) is 0 Å². The molecule has 0 saturated carbocycles. The van der Waals surface area contributed by atoms with Crippen LogP contribution >= 0.6 is 11.6 Å². The lowest BCUT2D eigenvalue weighted by molar-refractivity contribution is -0.173. The number of amides is 1. The fourth-order valence-electron chi connectivity index (χ4n) is 3.37. The van der Waals surface area contributed by atoms with E-state index in [0.29, 0.717) is 16.3 Å². The van der Waals surface area contributed by atoms with E-state index in [0.717, 1.165) is 4.68 Å². The highest BCUT2D eigenvalue weighted by atomic mass is 35.5. The number of halogens is 4. The molecule has 1 amide bonds. The number of pyridine rings is 1. The monoisotopic (exact) mass is 451 g/mol. The summed E-state index contributed by atoms with van der Waals surface area (Å²) < 4.78 is 47.3. The maximum Gasteiger partial charge on any atom is 0.410 e. The van der Waals surface area contributed by atoms with Crippen molar-refractivity contribution in [2.45, 2.75) is 24.7 Å². The number of nitrogens with one attached hydrogen (secondary N) is 2. The Morgan fingerprint density at radius 3 is 2.61 bits per heavy atom. The van der Waals surface area contributed by atoms with Gasteiger partial charge >= 0.3 is 6.18 Å². The van der Waals surface area contributed by atoms with Gasteiger partial charge in [0.2, 0.25) is 0 Å². The Morgan fingerprint density at radius 1 is 1.26 bits per heavy atom. The Labute approximate surface area is 180 Å². The average Bonchev–Trinajstić information content (AvgIpc) is 3.18. The fourth-order valence-corrected chi connectivity index (χ4v) is 3.48. The van der Waals surface area contributed by atoms with Crippen molar-refractivity contribution in [1.82, 2.24) is 14.8 Å². The van der Waals surface area contributed by atoms with Crippen LogP contribution in [0.1, 0.15) is 34.6 Å².